The van der Waals surface area contributed by atoms with Gasteiger partial charge in [0.1, 0.15) is 12.1 Å². The summed E-state index contributed by atoms with van der Waals surface area (Å²) in [6, 6.07) is 6.66. The standard InChI is InChI=1S/C8H8N4O4S/c9-8(14)10-17-11(12(15)16)7(13)6-4-2-1-3-5-6/h1-5H,(H3,9,10,14). The van der Waals surface area contributed by atoms with Crippen LogP contribution in [0, 0.1) is 10.1 Å². The second kappa shape index (κ2) is 5.70. The van der Waals surface area contributed by atoms with Crippen LogP contribution in [-0.4, -0.2) is 21.4 Å². The lowest BCUT2D eigenvalue weighted by molar-refractivity contribution is -0.595. The first-order chi connectivity index (χ1) is 8.02. The number of nitrogens with two attached hydrogens (primary N) is 1. The van der Waals surface area contributed by atoms with Crippen LogP contribution in [0.15, 0.2) is 30.3 Å². The smallest absolute Gasteiger partial charge is 0.329 e. The van der Waals surface area contributed by atoms with Gasteiger partial charge in [0, 0.05) is 9.98 Å². The van der Waals surface area contributed by atoms with Gasteiger partial charge in [0.2, 0.25) is 0 Å². The van der Waals surface area contributed by atoms with Gasteiger partial charge in [-0.25, -0.2) is 14.9 Å². The van der Waals surface area contributed by atoms with Crippen LogP contribution in [0.4, 0.5) is 4.79 Å². The summed E-state index contributed by atoms with van der Waals surface area (Å²) in [5.41, 5.74) is 4.88. The van der Waals surface area contributed by atoms with Crippen molar-refractivity contribution >= 4 is 24.1 Å². The van der Waals surface area contributed by atoms with Crippen molar-refractivity contribution in [3.63, 3.8) is 0 Å². The van der Waals surface area contributed by atoms with Crippen molar-refractivity contribution in [1.82, 2.24) is 9.14 Å². The maximum Gasteiger partial charge on any atom is 0.329 e. The highest BCUT2D eigenvalue weighted by Crippen LogP contribution is 2.12. The molecule has 1 rings (SSSR count). The number of rotatable bonds is 4. The molecule has 3 amide bonds. The molecule has 0 bridgehead atoms. The molecule has 1 aromatic carbocycles. The Labute approximate surface area is 100 Å². The molecule has 0 aliphatic rings. The molecule has 0 saturated carbocycles. The van der Waals surface area contributed by atoms with Crippen LogP contribution in [0.2, 0.25) is 0 Å². The number of carbonyl (C=O) groups excluding carboxylic acids is 2. The molecule has 0 heterocycles. The monoisotopic (exact) mass is 256 g/mol. The number of nitro groups is 1. The number of amides is 3. The molecule has 8 nitrogen and oxygen atoms in total. The summed E-state index contributed by atoms with van der Waals surface area (Å²) in [6.07, 6.45) is 0. The van der Waals surface area contributed by atoms with E-state index in [1.54, 1.807) is 18.2 Å². The molecule has 17 heavy (non-hydrogen) atoms. The molecule has 0 unspecified atom stereocenters. The van der Waals surface area contributed by atoms with E-state index in [0.717, 1.165) is 0 Å². The van der Waals surface area contributed by atoms with Crippen LogP contribution in [0.1, 0.15) is 10.4 Å². The minimum atomic E-state index is -0.984. The number of nitrogens with zero attached hydrogens (tertiary/aromatic N) is 2. The van der Waals surface area contributed by atoms with E-state index in [-0.39, 0.29) is 22.1 Å². The van der Waals surface area contributed by atoms with E-state index >= 15 is 0 Å². The summed E-state index contributed by atoms with van der Waals surface area (Å²) in [4.78, 5) is 32.7. The fourth-order valence-corrected chi connectivity index (χ4v) is 1.36. The molecule has 9 heteroatoms. The first-order valence-electron chi connectivity index (χ1n) is 4.28. The lowest BCUT2D eigenvalue weighted by atomic mass is 10.2. The van der Waals surface area contributed by atoms with Gasteiger partial charge in [-0.1, -0.05) is 18.2 Å². The number of hydrogen-bond donors (Lipinski definition) is 2. The molecule has 0 saturated heterocycles. The zero-order chi connectivity index (χ0) is 12.8. The van der Waals surface area contributed by atoms with Crippen LogP contribution in [0.3, 0.4) is 0 Å². The predicted molar refractivity (Wildman–Crippen MR) is 59.9 cm³/mol. The lowest BCUT2D eigenvalue weighted by Gasteiger charge is -2.09. The predicted octanol–water partition coefficient (Wildman–Crippen LogP) is 0.552. The SMILES string of the molecule is NC(=O)NSN(C(=O)c1ccccc1)[N+](=O)[O-]. The molecule has 0 atom stereocenters. The normalized spacial score (nSPS) is 9.41. The number of carbonyl (C=O) groups is 2. The van der Waals surface area contributed by atoms with Gasteiger partial charge in [0.25, 0.3) is 0 Å². The van der Waals surface area contributed by atoms with E-state index < -0.39 is 17.0 Å². The van der Waals surface area contributed by atoms with Crippen LogP contribution in [0.5, 0.6) is 0 Å². The quantitative estimate of drug-likeness (QED) is 0.463. The second-order valence-corrected chi connectivity index (χ2v) is 3.47. The average Bonchev–Trinajstić information content (AvgIpc) is 2.29. The third-order valence-electron chi connectivity index (χ3n) is 1.58. The van der Waals surface area contributed by atoms with Crippen LogP contribution in [0.25, 0.3) is 0 Å². The number of primary amides is 1. The number of nitrogens with one attached hydrogen (secondary N) is 1. The van der Waals surface area contributed by atoms with E-state index in [2.05, 4.69) is 0 Å². The summed E-state index contributed by atoms with van der Waals surface area (Å²) < 4.78 is 2.08. The molecule has 0 aliphatic heterocycles. The average molecular weight is 256 g/mol. The van der Waals surface area contributed by atoms with Crippen molar-refractivity contribution in [2.45, 2.75) is 0 Å². The molecule has 3 N–H and O–H groups in total. The van der Waals surface area contributed by atoms with Gasteiger partial charge >= 0.3 is 11.9 Å². The van der Waals surface area contributed by atoms with E-state index in [4.69, 9.17) is 5.73 Å². The molecule has 0 fully saturated rings. The summed E-state index contributed by atoms with van der Waals surface area (Å²) in [5, 5.41) is 9.68. The number of hydrogen-bond acceptors (Lipinski definition) is 5. The third-order valence-corrected chi connectivity index (χ3v) is 2.34. The van der Waals surface area contributed by atoms with E-state index in [0.29, 0.717) is 0 Å². The van der Waals surface area contributed by atoms with Gasteiger partial charge < -0.3 is 5.73 Å². The van der Waals surface area contributed by atoms with Gasteiger partial charge in [0.05, 0.1) is 0 Å². The Morgan fingerprint density at radius 1 is 1.35 bits per heavy atom. The van der Waals surface area contributed by atoms with Crippen molar-refractivity contribution in [3.8, 4) is 0 Å². The molecular formula is C8H8N4O4S. The van der Waals surface area contributed by atoms with E-state index in [1.807, 2.05) is 4.72 Å². The lowest BCUT2D eigenvalue weighted by Crippen LogP contribution is -2.36. The Morgan fingerprint density at radius 2 is 1.94 bits per heavy atom. The highest BCUT2D eigenvalue weighted by Gasteiger charge is 2.27. The zero-order valence-electron chi connectivity index (χ0n) is 8.40. The molecule has 90 valence electrons. The van der Waals surface area contributed by atoms with E-state index in [1.165, 1.54) is 12.1 Å². The minimum Gasteiger partial charge on any atom is -0.351 e. The molecule has 0 aromatic heterocycles. The largest absolute Gasteiger partial charge is 0.351 e. The number of benzene rings is 1. The Bertz CT molecular complexity index is 438. The second-order valence-electron chi connectivity index (χ2n) is 2.74. The molecule has 0 radical (unpaired) electrons. The first-order valence-corrected chi connectivity index (χ1v) is 5.06. The van der Waals surface area contributed by atoms with Crippen molar-refractivity contribution in [3.05, 3.63) is 46.0 Å². The van der Waals surface area contributed by atoms with Gasteiger partial charge in [-0.3, -0.25) is 9.52 Å². The Balaban J connectivity index is 2.81. The number of urea groups is 1. The first kappa shape index (κ1) is 12.8. The Morgan fingerprint density at radius 3 is 2.41 bits per heavy atom. The highest BCUT2D eigenvalue weighted by atomic mass is 32.2. The fraction of sp³-hybridized carbons (Fsp3) is 0. The van der Waals surface area contributed by atoms with Gasteiger partial charge in [-0.05, 0) is 12.1 Å². The van der Waals surface area contributed by atoms with Crippen LogP contribution in [-0.2, 0) is 0 Å². The van der Waals surface area contributed by atoms with E-state index in [9.17, 15) is 19.7 Å². The fourth-order valence-electron chi connectivity index (χ4n) is 0.928. The van der Waals surface area contributed by atoms with Crippen LogP contribution >= 0.6 is 12.1 Å². The third kappa shape index (κ3) is 3.65. The summed E-state index contributed by atoms with van der Waals surface area (Å²) in [6.45, 7) is 0. The minimum absolute atomic E-state index is 0.128. The summed E-state index contributed by atoms with van der Waals surface area (Å²) >= 11 is 0.201. The highest BCUT2D eigenvalue weighted by molar-refractivity contribution is 7.95. The topological polar surface area (TPSA) is 119 Å². The molecule has 1 aromatic rings. The molecule has 0 spiro atoms. The maximum absolute atomic E-state index is 11.7. The Hall–Kier alpha value is -2.29. The van der Waals surface area contributed by atoms with Gasteiger partial charge in [-0.2, -0.15) is 0 Å². The zero-order valence-corrected chi connectivity index (χ0v) is 9.22. The summed E-state index contributed by atoms with van der Waals surface area (Å²) in [7, 11) is 0. The number of hydrazine groups is 1. The van der Waals surface area contributed by atoms with Crippen molar-refractivity contribution in [2.24, 2.45) is 5.73 Å². The van der Waals surface area contributed by atoms with Crippen molar-refractivity contribution < 1.29 is 14.6 Å². The summed E-state index contributed by atoms with van der Waals surface area (Å²) in [5.74, 6) is -0.866. The van der Waals surface area contributed by atoms with Crippen molar-refractivity contribution in [2.75, 3.05) is 0 Å². The molecule has 0 aliphatic carbocycles. The Kier molecular flexibility index (Phi) is 4.29. The van der Waals surface area contributed by atoms with Gasteiger partial charge in [-0.15, -0.1) is 0 Å². The molecular weight excluding hydrogens is 248 g/mol. The van der Waals surface area contributed by atoms with Crippen molar-refractivity contribution in [1.29, 1.82) is 0 Å². The van der Waals surface area contributed by atoms with Gasteiger partial charge in [0.15, 0.2) is 5.03 Å². The maximum atomic E-state index is 11.7. The van der Waals surface area contributed by atoms with Crippen LogP contribution < -0.4 is 10.5 Å².